The smallest absolute Gasteiger partial charge is 0.306 e. The zero-order chi connectivity index (χ0) is 47.2. The zero-order valence-electron chi connectivity index (χ0n) is 40.9. The number of unbranched alkanes of at least 4 members (excludes halogenated alkanes) is 11. The maximum absolute atomic E-state index is 12.8. The van der Waals surface area contributed by atoms with E-state index in [0.717, 1.165) is 116 Å². The van der Waals surface area contributed by atoms with E-state index in [9.17, 15) is 14.4 Å². The van der Waals surface area contributed by atoms with Crippen LogP contribution in [-0.4, -0.2) is 37.2 Å². The minimum absolute atomic E-state index is 0.129. The van der Waals surface area contributed by atoms with Crippen LogP contribution in [0.3, 0.4) is 0 Å². The van der Waals surface area contributed by atoms with E-state index in [0.29, 0.717) is 19.3 Å². The van der Waals surface area contributed by atoms with Gasteiger partial charge >= 0.3 is 17.9 Å². The van der Waals surface area contributed by atoms with Gasteiger partial charge < -0.3 is 14.2 Å². The zero-order valence-corrected chi connectivity index (χ0v) is 40.9. The van der Waals surface area contributed by atoms with Gasteiger partial charge in [0.25, 0.3) is 0 Å². The fourth-order valence-corrected chi connectivity index (χ4v) is 5.94. The van der Waals surface area contributed by atoms with E-state index >= 15 is 0 Å². The lowest BCUT2D eigenvalue weighted by atomic mass is 10.1. The van der Waals surface area contributed by atoms with Crippen molar-refractivity contribution in [1.29, 1.82) is 0 Å². The van der Waals surface area contributed by atoms with Gasteiger partial charge in [0.05, 0.1) is 0 Å². The van der Waals surface area contributed by atoms with E-state index in [1.165, 1.54) is 12.8 Å². The molecule has 0 heterocycles. The summed E-state index contributed by atoms with van der Waals surface area (Å²) < 4.78 is 16.7. The number of allylic oxidation sites excluding steroid dienone is 26. The number of esters is 3. The summed E-state index contributed by atoms with van der Waals surface area (Å²) in [5, 5.41) is 0. The first kappa shape index (κ1) is 60.0. The third-order valence-corrected chi connectivity index (χ3v) is 9.69. The lowest BCUT2D eigenvalue weighted by Crippen LogP contribution is -2.30. The molecule has 0 aliphatic heterocycles. The van der Waals surface area contributed by atoms with Crippen molar-refractivity contribution in [3.05, 3.63) is 158 Å². The molecule has 0 saturated heterocycles. The van der Waals surface area contributed by atoms with Crippen LogP contribution >= 0.6 is 0 Å². The van der Waals surface area contributed by atoms with Crippen molar-refractivity contribution in [3.8, 4) is 0 Å². The predicted molar refractivity (Wildman–Crippen MR) is 278 cm³/mol. The highest BCUT2D eigenvalue weighted by Crippen LogP contribution is 2.11. The SMILES string of the molecule is CC\C=C/C=C\C=C/C=C\C=C\C=C/CCCCCC(=O)OC(COC(=O)CCCCC/C=C\C=C/CCCC)COC(=O)CCCCC/C=C\C/C=C\C/C=C\C/C=C\C/C=C\CC. The van der Waals surface area contributed by atoms with Gasteiger partial charge in [0, 0.05) is 19.3 Å². The van der Waals surface area contributed by atoms with Gasteiger partial charge in [-0.2, -0.15) is 0 Å². The fraction of sp³-hybridized carbons (Fsp3) is 0.508. The Bertz CT molecular complexity index is 1540. The number of rotatable bonds is 42. The van der Waals surface area contributed by atoms with Crippen molar-refractivity contribution >= 4 is 17.9 Å². The molecule has 0 aromatic carbocycles. The Labute approximate surface area is 397 Å². The van der Waals surface area contributed by atoms with Crippen molar-refractivity contribution < 1.29 is 28.6 Å². The van der Waals surface area contributed by atoms with Crippen molar-refractivity contribution in [1.82, 2.24) is 0 Å². The van der Waals surface area contributed by atoms with Gasteiger partial charge in [0.15, 0.2) is 6.10 Å². The number of carbonyl (C=O) groups is 3. The van der Waals surface area contributed by atoms with Gasteiger partial charge in [-0.3, -0.25) is 14.4 Å². The molecule has 0 radical (unpaired) electrons. The third-order valence-electron chi connectivity index (χ3n) is 9.69. The summed E-state index contributed by atoms with van der Waals surface area (Å²) in [5.41, 5.74) is 0. The number of ether oxygens (including phenoxy) is 3. The molecule has 0 aliphatic carbocycles. The van der Waals surface area contributed by atoms with Crippen LogP contribution in [0, 0.1) is 0 Å². The normalized spacial score (nSPS) is 13.5. The highest BCUT2D eigenvalue weighted by molar-refractivity contribution is 5.71. The molecule has 1 unspecified atom stereocenters. The molecular formula is C59H88O6. The molecule has 0 aromatic heterocycles. The quantitative estimate of drug-likeness (QED) is 0.0200. The van der Waals surface area contributed by atoms with Crippen LogP contribution in [-0.2, 0) is 28.6 Å². The van der Waals surface area contributed by atoms with E-state index in [2.05, 4.69) is 118 Å². The first-order valence-electron chi connectivity index (χ1n) is 25.1. The predicted octanol–water partition coefficient (Wildman–Crippen LogP) is 16.6. The Kier molecular flexibility index (Phi) is 47.7. The van der Waals surface area contributed by atoms with E-state index in [1.54, 1.807) is 0 Å². The first-order valence-corrected chi connectivity index (χ1v) is 25.1. The summed E-state index contributed by atoms with van der Waals surface area (Å²) in [4.78, 5) is 37.9. The van der Waals surface area contributed by atoms with Gasteiger partial charge in [-0.05, 0) is 103 Å². The molecule has 0 amide bonds. The van der Waals surface area contributed by atoms with E-state index in [-0.39, 0.29) is 37.5 Å². The summed E-state index contributed by atoms with van der Waals surface area (Å²) in [6.45, 7) is 6.20. The van der Waals surface area contributed by atoms with Gasteiger partial charge in [-0.15, -0.1) is 0 Å². The van der Waals surface area contributed by atoms with E-state index in [1.807, 2.05) is 60.8 Å². The number of hydrogen-bond donors (Lipinski definition) is 0. The minimum Gasteiger partial charge on any atom is -0.462 e. The van der Waals surface area contributed by atoms with Crippen LogP contribution in [0.15, 0.2) is 158 Å². The van der Waals surface area contributed by atoms with Crippen LogP contribution in [0.2, 0.25) is 0 Å². The van der Waals surface area contributed by atoms with Crippen LogP contribution in [0.25, 0.3) is 0 Å². The lowest BCUT2D eigenvalue weighted by molar-refractivity contribution is -0.167. The average Bonchev–Trinajstić information content (AvgIpc) is 3.30. The molecule has 0 spiro atoms. The molecule has 360 valence electrons. The molecule has 65 heavy (non-hydrogen) atoms. The van der Waals surface area contributed by atoms with Gasteiger partial charge in [0.1, 0.15) is 13.2 Å². The van der Waals surface area contributed by atoms with Gasteiger partial charge in [0.2, 0.25) is 0 Å². The third kappa shape index (κ3) is 49.9. The van der Waals surface area contributed by atoms with Crippen molar-refractivity contribution in [2.45, 2.75) is 181 Å². The number of hydrogen-bond acceptors (Lipinski definition) is 6. The van der Waals surface area contributed by atoms with Crippen molar-refractivity contribution in [3.63, 3.8) is 0 Å². The standard InChI is InChI=1S/C59H88O6/c1-4-7-10-13-16-19-22-24-26-28-29-31-32-34-37-40-43-46-49-52-58(61)64-55-56(54-63-57(60)51-48-45-42-39-36-21-18-15-12-9-6-3)65-59(62)53-50-47-44-41-38-35-33-30-27-25-23-20-17-14-11-8-5-2/h7-8,10-11,14-21,23-27,29-31,33-38,56H,4-6,9,12-13,22,28,32,39-55H2,1-3H3/b10-7-,11-8-,17-14-,18-15-,19-16-,23-20-,26-24-,27-25-,31-29-,33-30+,36-21-,37-34-,38-35-. The van der Waals surface area contributed by atoms with Crippen LogP contribution in [0.1, 0.15) is 175 Å². The topological polar surface area (TPSA) is 78.9 Å². The second kappa shape index (κ2) is 51.7. The van der Waals surface area contributed by atoms with Crippen LogP contribution < -0.4 is 0 Å². The second-order valence-corrected chi connectivity index (χ2v) is 15.8. The maximum atomic E-state index is 12.8. The highest BCUT2D eigenvalue weighted by atomic mass is 16.6. The van der Waals surface area contributed by atoms with E-state index in [4.69, 9.17) is 14.2 Å². The fourth-order valence-electron chi connectivity index (χ4n) is 5.94. The summed E-state index contributed by atoms with van der Waals surface area (Å²) in [5.74, 6) is -1.05. The Morgan fingerprint density at radius 2 is 0.677 bits per heavy atom. The Morgan fingerprint density at radius 1 is 0.338 bits per heavy atom. The molecule has 0 bridgehead atoms. The molecular weight excluding hydrogens is 805 g/mol. The molecule has 0 rings (SSSR count). The van der Waals surface area contributed by atoms with Crippen LogP contribution in [0.5, 0.6) is 0 Å². The lowest BCUT2D eigenvalue weighted by Gasteiger charge is -2.18. The highest BCUT2D eigenvalue weighted by Gasteiger charge is 2.19. The molecule has 0 aromatic rings. The molecule has 1 atom stereocenters. The van der Waals surface area contributed by atoms with Crippen LogP contribution in [0.4, 0.5) is 0 Å². The Hall–Kier alpha value is -4.97. The van der Waals surface area contributed by atoms with Gasteiger partial charge in [-0.1, -0.05) is 211 Å². The van der Waals surface area contributed by atoms with Crippen molar-refractivity contribution in [2.75, 3.05) is 13.2 Å². The monoisotopic (exact) mass is 893 g/mol. The van der Waals surface area contributed by atoms with Gasteiger partial charge in [-0.25, -0.2) is 0 Å². The summed E-state index contributed by atoms with van der Waals surface area (Å²) in [6, 6.07) is 0. The summed E-state index contributed by atoms with van der Waals surface area (Å²) in [7, 11) is 0. The summed E-state index contributed by atoms with van der Waals surface area (Å²) in [6.07, 6.45) is 75.1. The van der Waals surface area contributed by atoms with E-state index < -0.39 is 6.10 Å². The molecule has 0 saturated carbocycles. The average molecular weight is 893 g/mol. The Morgan fingerprint density at radius 3 is 1.11 bits per heavy atom. The molecule has 0 aliphatic rings. The Balaban J connectivity index is 4.59. The summed E-state index contributed by atoms with van der Waals surface area (Å²) >= 11 is 0. The second-order valence-electron chi connectivity index (χ2n) is 15.8. The minimum atomic E-state index is -0.833. The molecule has 6 heteroatoms. The maximum Gasteiger partial charge on any atom is 0.306 e. The molecule has 0 N–H and O–H groups in total. The van der Waals surface area contributed by atoms with Crippen molar-refractivity contribution in [2.24, 2.45) is 0 Å². The first-order chi connectivity index (χ1) is 32.0. The largest absolute Gasteiger partial charge is 0.462 e. The molecule has 6 nitrogen and oxygen atoms in total. The number of carbonyl (C=O) groups excluding carboxylic acids is 3. The molecule has 0 fully saturated rings.